The average molecular weight is 529 g/mol. The summed E-state index contributed by atoms with van der Waals surface area (Å²) in [4.78, 5) is 0. The van der Waals surface area contributed by atoms with E-state index in [4.69, 9.17) is 4.74 Å². The fourth-order valence-corrected chi connectivity index (χ4v) is 4.16. The zero-order valence-electron chi connectivity index (χ0n) is 24.3. The second kappa shape index (κ2) is 17.0. The smallest absolute Gasteiger partial charge is 0.123 e. The molecule has 2 aromatic carbocycles. The van der Waals surface area contributed by atoms with Gasteiger partial charge in [0, 0.05) is 11.1 Å². The molecule has 2 rings (SSSR count). The van der Waals surface area contributed by atoms with Crippen LogP contribution < -0.4 is 0 Å². The van der Waals surface area contributed by atoms with Crippen molar-refractivity contribution in [2.45, 2.75) is 79.4 Å². The Bertz CT molecular complexity index is 1100. The number of oxime groups is 2. The first-order valence-electron chi connectivity index (χ1n) is 13.6. The number of allylic oxidation sites excluding steroid dienone is 6. The van der Waals surface area contributed by atoms with Gasteiger partial charge in [0.25, 0.3) is 0 Å². The molecular formula is C34H44N2O3. The molecule has 2 unspecified atom stereocenters. The Labute approximate surface area is 234 Å². The molecule has 0 saturated heterocycles. The van der Waals surface area contributed by atoms with E-state index in [-0.39, 0.29) is 0 Å². The van der Waals surface area contributed by atoms with Gasteiger partial charge in [0.15, 0.2) is 0 Å². The molecule has 0 aliphatic carbocycles. The zero-order chi connectivity index (χ0) is 28.6. The molecule has 0 radical (unpaired) electrons. The van der Waals surface area contributed by atoms with Gasteiger partial charge in [-0.05, 0) is 67.2 Å². The molecule has 0 heterocycles. The largest absolute Gasteiger partial charge is 0.411 e. The normalized spacial score (nSPS) is 14.5. The van der Waals surface area contributed by atoms with Gasteiger partial charge in [-0.2, -0.15) is 0 Å². The summed E-state index contributed by atoms with van der Waals surface area (Å²) in [6, 6.07) is 19.0. The van der Waals surface area contributed by atoms with Gasteiger partial charge in [0.05, 0.1) is 0 Å². The van der Waals surface area contributed by atoms with Gasteiger partial charge in [-0.1, -0.05) is 118 Å². The van der Waals surface area contributed by atoms with E-state index in [0.29, 0.717) is 11.4 Å². The molecule has 208 valence electrons. The van der Waals surface area contributed by atoms with E-state index < -0.39 is 12.2 Å². The number of nitrogens with zero attached hydrogens (tertiary/aromatic N) is 2. The van der Waals surface area contributed by atoms with E-state index >= 15 is 0 Å². The van der Waals surface area contributed by atoms with Crippen LogP contribution in [0.15, 0.2) is 118 Å². The third-order valence-corrected chi connectivity index (χ3v) is 6.24. The van der Waals surface area contributed by atoms with Crippen LogP contribution in [0.1, 0.15) is 78.4 Å². The molecule has 0 amide bonds. The summed E-state index contributed by atoms with van der Waals surface area (Å²) >= 11 is 0. The quantitative estimate of drug-likeness (QED) is 0.111. The lowest BCUT2D eigenvalue weighted by Gasteiger charge is -2.24. The maximum Gasteiger partial charge on any atom is 0.123 e. The number of hydrogen-bond donors (Lipinski definition) is 2. The second-order valence-corrected chi connectivity index (χ2v) is 10.3. The van der Waals surface area contributed by atoms with Crippen molar-refractivity contribution >= 4 is 11.4 Å². The van der Waals surface area contributed by atoms with Crippen molar-refractivity contribution in [3.05, 3.63) is 118 Å². The molecule has 5 heteroatoms. The standard InChI is InChI=1S/C34H44N2O3/c1-25(2)15-13-17-27(5)23-31(33(35-37)29-19-9-7-10-20-29)39-32(24-28(6)18-14-16-26(3)4)34(36-38)30-21-11-8-12-22-30/h7-12,15-16,19-24,31-32,37-38H,13-14,17-18H2,1-6H3/b27-23+,28-24+,35-33?,36-34?. The van der Waals surface area contributed by atoms with Crippen molar-refractivity contribution in [1.82, 2.24) is 0 Å². The lowest BCUT2D eigenvalue weighted by Crippen LogP contribution is -2.33. The maximum atomic E-state index is 10.2. The van der Waals surface area contributed by atoms with Gasteiger partial charge < -0.3 is 15.2 Å². The van der Waals surface area contributed by atoms with E-state index in [0.717, 1.165) is 48.0 Å². The summed E-state index contributed by atoms with van der Waals surface area (Å²) in [5, 5.41) is 27.7. The molecule has 2 N–H and O–H groups in total. The Morgan fingerprint density at radius 1 is 0.641 bits per heavy atom. The highest BCUT2D eigenvalue weighted by Gasteiger charge is 2.26. The van der Waals surface area contributed by atoms with Crippen LogP contribution in [0.3, 0.4) is 0 Å². The lowest BCUT2D eigenvalue weighted by atomic mass is 9.99. The van der Waals surface area contributed by atoms with Crippen LogP contribution in [0.5, 0.6) is 0 Å². The lowest BCUT2D eigenvalue weighted by molar-refractivity contribution is 0.113. The molecule has 0 aromatic heterocycles. The minimum absolute atomic E-state index is 0.392. The third-order valence-electron chi connectivity index (χ3n) is 6.24. The fourth-order valence-electron chi connectivity index (χ4n) is 4.16. The van der Waals surface area contributed by atoms with Crippen LogP contribution in [0.25, 0.3) is 0 Å². The molecule has 2 aromatic rings. The molecule has 0 aliphatic heterocycles. The molecule has 0 bridgehead atoms. The molecule has 2 atom stereocenters. The Morgan fingerprint density at radius 2 is 1.00 bits per heavy atom. The van der Waals surface area contributed by atoms with Gasteiger partial charge in [-0.25, -0.2) is 0 Å². The predicted molar refractivity (Wildman–Crippen MR) is 163 cm³/mol. The summed E-state index contributed by atoms with van der Waals surface area (Å²) in [5.41, 5.74) is 7.06. The molecular weight excluding hydrogens is 484 g/mol. The van der Waals surface area contributed by atoms with Crippen LogP contribution in [-0.2, 0) is 4.74 Å². The van der Waals surface area contributed by atoms with Gasteiger partial charge in [0.1, 0.15) is 23.6 Å². The first kappa shape index (κ1) is 31.5. The minimum atomic E-state index is -0.684. The summed E-state index contributed by atoms with van der Waals surface area (Å²) in [6.07, 6.45) is 10.6. The summed E-state index contributed by atoms with van der Waals surface area (Å²) < 4.78 is 6.70. The van der Waals surface area contributed by atoms with Gasteiger partial charge in [-0.15, -0.1) is 0 Å². The van der Waals surface area contributed by atoms with Crippen molar-refractivity contribution in [2.75, 3.05) is 0 Å². The number of hydrogen-bond acceptors (Lipinski definition) is 5. The zero-order valence-corrected chi connectivity index (χ0v) is 24.3. The van der Waals surface area contributed by atoms with Crippen LogP contribution in [-0.4, -0.2) is 34.0 Å². The Kier molecular flexibility index (Phi) is 13.7. The third kappa shape index (κ3) is 11.3. The minimum Gasteiger partial charge on any atom is -0.411 e. The van der Waals surface area contributed by atoms with E-state index in [1.807, 2.05) is 72.8 Å². The van der Waals surface area contributed by atoms with E-state index in [2.05, 4.69) is 64.0 Å². The topological polar surface area (TPSA) is 74.4 Å². The molecule has 39 heavy (non-hydrogen) atoms. The highest BCUT2D eigenvalue weighted by Crippen LogP contribution is 2.21. The van der Waals surface area contributed by atoms with Crippen molar-refractivity contribution in [3.63, 3.8) is 0 Å². The molecule has 0 saturated carbocycles. The van der Waals surface area contributed by atoms with Crippen LogP contribution in [0, 0.1) is 0 Å². The summed E-state index contributed by atoms with van der Waals surface area (Å²) in [5.74, 6) is 0. The van der Waals surface area contributed by atoms with Crippen molar-refractivity contribution in [3.8, 4) is 0 Å². The first-order valence-corrected chi connectivity index (χ1v) is 13.6. The summed E-state index contributed by atoms with van der Waals surface area (Å²) in [7, 11) is 0. The molecule has 0 aliphatic rings. The molecule has 0 fully saturated rings. The second-order valence-electron chi connectivity index (χ2n) is 10.3. The highest BCUT2D eigenvalue weighted by atomic mass is 16.5. The van der Waals surface area contributed by atoms with Gasteiger partial charge in [0.2, 0.25) is 0 Å². The number of rotatable bonds is 14. The molecule has 5 nitrogen and oxygen atoms in total. The monoisotopic (exact) mass is 528 g/mol. The first-order chi connectivity index (χ1) is 18.7. The average Bonchev–Trinajstić information content (AvgIpc) is 2.90. The van der Waals surface area contributed by atoms with Crippen molar-refractivity contribution < 1.29 is 15.2 Å². The van der Waals surface area contributed by atoms with Gasteiger partial charge >= 0.3 is 0 Å². The summed E-state index contributed by atoms with van der Waals surface area (Å²) in [6.45, 7) is 12.5. The SMILES string of the molecule is CC(C)=CCC/C(C)=C/C(OC(/C=C(\C)CCC=C(C)C)C(=NO)c1ccccc1)C(=NO)c1ccccc1. The fraction of sp³-hybridized carbons (Fsp3) is 0.353. The maximum absolute atomic E-state index is 10.2. The van der Waals surface area contributed by atoms with E-state index in [1.54, 1.807) is 0 Å². The number of benzene rings is 2. The highest BCUT2D eigenvalue weighted by molar-refractivity contribution is 6.07. The van der Waals surface area contributed by atoms with Crippen LogP contribution >= 0.6 is 0 Å². The Morgan fingerprint density at radius 3 is 1.31 bits per heavy atom. The van der Waals surface area contributed by atoms with Gasteiger partial charge in [-0.3, -0.25) is 0 Å². The Hall–Kier alpha value is -3.70. The van der Waals surface area contributed by atoms with Crippen molar-refractivity contribution in [1.29, 1.82) is 0 Å². The van der Waals surface area contributed by atoms with E-state index in [9.17, 15) is 10.4 Å². The predicted octanol–water partition coefficient (Wildman–Crippen LogP) is 8.88. The van der Waals surface area contributed by atoms with Crippen molar-refractivity contribution in [2.24, 2.45) is 10.3 Å². The Balaban J connectivity index is 2.55. The number of ether oxygens (including phenoxy) is 1. The van der Waals surface area contributed by atoms with Crippen LogP contribution in [0.2, 0.25) is 0 Å². The van der Waals surface area contributed by atoms with E-state index in [1.165, 1.54) is 11.1 Å². The molecule has 0 spiro atoms. The van der Waals surface area contributed by atoms with Crippen LogP contribution in [0.4, 0.5) is 0 Å².